The summed E-state index contributed by atoms with van der Waals surface area (Å²) in [5.74, 6) is 0.785. The Morgan fingerprint density at radius 1 is 0.974 bits per heavy atom. The fraction of sp³-hybridized carbons (Fsp3) is 0.485. The van der Waals surface area contributed by atoms with E-state index < -0.39 is 0 Å². The summed E-state index contributed by atoms with van der Waals surface area (Å²) in [5.41, 5.74) is 5.20. The van der Waals surface area contributed by atoms with Crippen LogP contribution in [0.25, 0.3) is 0 Å². The van der Waals surface area contributed by atoms with Gasteiger partial charge < -0.3 is 19.1 Å². The highest BCUT2D eigenvalue weighted by molar-refractivity contribution is 5.69. The van der Waals surface area contributed by atoms with Crippen molar-refractivity contribution in [1.29, 1.82) is 0 Å². The van der Waals surface area contributed by atoms with Crippen LogP contribution in [0.5, 0.6) is 5.75 Å². The predicted octanol–water partition coefficient (Wildman–Crippen LogP) is 7.48. The molecule has 2 heterocycles. The first-order valence-corrected chi connectivity index (χ1v) is 14.0. The van der Waals surface area contributed by atoms with E-state index in [2.05, 4.69) is 75.4 Å². The van der Waals surface area contributed by atoms with E-state index in [1.807, 2.05) is 26.0 Å². The van der Waals surface area contributed by atoms with E-state index >= 15 is 0 Å². The smallest absolute Gasteiger partial charge is 0.410 e. The van der Waals surface area contributed by atoms with Crippen LogP contribution in [0.1, 0.15) is 70.6 Å². The third-order valence-electron chi connectivity index (χ3n) is 7.08. The number of allylic oxidation sites excluding steroid dienone is 4. The van der Waals surface area contributed by atoms with Crippen LogP contribution in [0, 0.1) is 0 Å². The zero-order chi connectivity index (χ0) is 27.5. The van der Waals surface area contributed by atoms with E-state index in [1.54, 1.807) is 11.9 Å². The molecule has 0 saturated carbocycles. The molecule has 1 amide bonds. The third kappa shape index (κ3) is 8.76. The number of benzene rings is 2. The van der Waals surface area contributed by atoms with E-state index in [0.717, 1.165) is 25.2 Å². The van der Waals surface area contributed by atoms with Crippen LogP contribution in [0.3, 0.4) is 0 Å². The molecule has 2 saturated heterocycles. The van der Waals surface area contributed by atoms with Gasteiger partial charge in [-0.05, 0) is 61.4 Å². The van der Waals surface area contributed by atoms with Gasteiger partial charge in [-0.2, -0.15) is 0 Å². The Balaban J connectivity index is 0.000000381. The van der Waals surface area contributed by atoms with Crippen molar-refractivity contribution in [3.05, 3.63) is 89.0 Å². The molecule has 0 aromatic heterocycles. The lowest BCUT2D eigenvalue weighted by molar-refractivity contribution is 0.103. The number of epoxide rings is 1. The molecule has 5 rings (SSSR count). The number of amides is 1. The van der Waals surface area contributed by atoms with Crippen molar-refractivity contribution in [3.63, 3.8) is 0 Å². The van der Waals surface area contributed by atoms with Gasteiger partial charge in [-0.15, -0.1) is 0 Å². The highest BCUT2D eigenvalue weighted by atomic mass is 16.6. The molecule has 0 bridgehead atoms. The lowest BCUT2D eigenvalue weighted by atomic mass is 9.78. The summed E-state index contributed by atoms with van der Waals surface area (Å²) in [6.07, 6.45) is 11.3. The molecule has 5 nitrogen and oxygen atoms in total. The van der Waals surface area contributed by atoms with E-state index in [9.17, 15) is 4.79 Å². The SMILES string of the molecule is CC.CC1=CCCC=C1.CN1CC(COc2ccc(C(C)(C)c3ccc(CCC4CO4)cc3)cc2)OC1=O. The number of hydrogen-bond donors (Lipinski definition) is 0. The minimum atomic E-state index is -0.289. The van der Waals surface area contributed by atoms with Gasteiger partial charge in [-0.3, -0.25) is 0 Å². The van der Waals surface area contributed by atoms with Crippen molar-refractivity contribution in [1.82, 2.24) is 4.90 Å². The second kappa shape index (κ2) is 14.2. The highest BCUT2D eigenvalue weighted by Crippen LogP contribution is 2.33. The molecule has 2 aromatic carbocycles. The van der Waals surface area contributed by atoms with Crippen LogP contribution >= 0.6 is 0 Å². The zero-order valence-electron chi connectivity index (χ0n) is 24.0. The largest absolute Gasteiger partial charge is 0.490 e. The van der Waals surface area contributed by atoms with Crippen molar-refractivity contribution >= 4 is 6.09 Å². The Bertz CT molecular complexity index is 1070. The molecule has 0 spiro atoms. The number of cyclic esters (lactones) is 1. The van der Waals surface area contributed by atoms with Crippen LogP contribution in [0.4, 0.5) is 4.79 Å². The first kappa shape index (κ1) is 29.5. The molecule has 206 valence electrons. The third-order valence-corrected chi connectivity index (χ3v) is 7.08. The maximum atomic E-state index is 11.4. The summed E-state index contributed by atoms with van der Waals surface area (Å²) in [6, 6.07) is 17.1. The molecule has 2 fully saturated rings. The van der Waals surface area contributed by atoms with Gasteiger partial charge in [-0.25, -0.2) is 4.79 Å². The number of rotatable bonds is 8. The number of carbonyl (C=O) groups excluding carboxylic acids is 1. The average molecular weight is 520 g/mol. The normalized spacial score (nSPS) is 19.9. The summed E-state index contributed by atoms with van der Waals surface area (Å²) < 4.78 is 16.3. The van der Waals surface area contributed by atoms with Crippen molar-refractivity contribution in [2.75, 3.05) is 26.8 Å². The summed E-state index contributed by atoms with van der Waals surface area (Å²) in [5, 5.41) is 0. The summed E-state index contributed by atoms with van der Waals surface area (Å²) in [6.45, 7) is 12.5. The van der Waals surface area contributed by atoms with Crippen LogP contribution in [0.2, 0.25) is 0 Å². The van der Waals surface area contributed by atoms with Gasteiger partial charge in [0.25, 0.3) is 0 Å². The molecule has 3 aliphatic rings. The van der Waals surface area contributed by atoms with E-state index in [-0.39, 0.29) is 17.6 Å². The minimum absolute atomic E-state index is 0.0969. The average Bonchev–Trinajstić information content (AvgIpc) is 3.72. The van der Waals surface area contributed by atoms with Crippen molar-refractivity contribution in [3.8, 4) is 5.75 Å². The van der Waals surface area contributed by atoms with Gasteiger partial charge in [0.1, 0.15) is 12.4 Å². The molecular formula is C33H45NO4. The first-order valence-electron chi connectivity index (χ1n) is 14.0. The van der Waals surface area contributed by atoms with Crippen molar-refractivity contribution in [2.45, 2.75) is 77.9 Å². The van der Waals surface area contributed by atoms with E-state index in [0.29, 0.717) is 19.3 Å². The van der Waals surface area contributed by atoms with Crippen LogP contribution in [-0.4, -0.2) is 50.0 Å². The number of nitrogens with zero attached hydrogens (tertiary/aromatic N) is 1. The van der Waals surface area contributed by atoms with Crippen LogP contribution in [-0.2, 0) is 21.3 Å². The number of likely N-dealkylation sites (N-methyl/N-ethyl adjacent to an activating group) is 1. The number of aryl methyl sites for hydroxylation is 1. The Labute approximate surface area is 229 Å². The summed E-state index contributed by atoms with van der Waals surface area (Å²) >= 11 is 0. The number of carbonyl (C=O) groups is 1. The zero-order valence-corrected chi connectivity index (χ0v) is 24.0. The van der Waals surface area contributed by atoms with E-state index in [1.165, 1.54) is 35.1 Å². The Hall–Kier alpha value is -3.05. The predicted molar refractivity (Wildman–Crippen MR) is 155 cm³/mol. The highest BCUT2D eigenvalue weighted by Gasteiger charge is 2.29. The van der Waals surface area contributed by atoms with Gasteiger partial charge >= 0.3 is 6.09 Å². The first-order chi connectivity index (χ1) is 18.3. The molecule has 2 atom stereocenters. The molecule has 1 aliphatic carbocycles. The topological polar surface area (TPSA) is 51.3 Å². The molecule has 0 N–H and O–H groups in total. The van der Waals surface area contributed by atoms with Gasteiger partial charge in [0, 0.05) is 12.5 Å². The standard InChI is InChI=1S/C24H29NO4.C7H10.C2H6/c1-24(2,18-7-4-17(5-8-18)6-11-21-15-28-21)19-9-12-20(13-10-19)27-16-22-14-25(3)23(26)29-22;1-7-5-3-2-4-6-7;1-2/h4-5,7-10,12-13,21-22H,6,11,14-16H2,1-3H3;3,5-6H,2,4H2,1H3;1-2H3. The van der Waals surface area contributed by atoms with Crippen LogP contribution < -0.4 is 4.74 Å². The van der Waals surface area contributed by atoms with Gasteiger partial charge in [-0.1, -0.05) is 87.9 Å². The maximum Gasteiger partial charge on any atom is 0.410 e. The monoisotopic (exact) mass is 519 g/mol. The van der Waals surface area contributed by atoms with Crippen LogP contribution in [0.15, 0.2) is 72.3 Å². The molecule has 0 radical (unpaired) electrons. The molecular weight excluding hydrogens is 474 g/mol. The Morgan fingerprint density at radius 3 is 2.08 bits per heavy atom. The molecule has 2 aliphatic heterocycles. The Morgan fingerprint density at radius 2 is 1.61 bits per heavy atom. The minimum Gasteiger partial charge on any atom is -0.490 e. The molecule has 38 heavy (non-hydrogen) atoms. The number of hydrogen-bond acceptors (Lipinski definition) is 4. The number of ether oxygens (including phenoxy) is 3. The van der Waals surface area contributed by atoms with Crippen molar-refractivity contribution < 1.29 is 19.0 Å². The van der Waals surface area contributed by atoms with Gasteiger partial charge in [0.15, 0.2) is 6.10 Å². The van der Waals surface area contributed by atoms with Gasteiger partial charge in [0.05, 0.1) is 19.3 Å². The maximum absolute atomic E-state index is 11.4. The van der Waals surface area contributed by atoms with Gasteiger partial charge in [0.2, 0.25) is 0 Å². The quantitative estimate of drug-likeness (QED) is 0.339. The molecule has 2 aromatic rings. The molecule has 5 heteroatoms. The second-order valence-electron chi connectivity index (χ2n) is 10.5. The summed E-state index contributed by atoms with van der Waals surface area (Å²) in [7, 11) is 1.73. The lowest BCUT2D eigenvalue weighted by Crippen LogP contribution is -2.23. The second-order valence-corrected chi connectivity index (χ2v) is 10.5. The fourth-order valence-electron chi connectivity index (χ4n) is 4.46. The van der Waals surface area contributed by atoms with E-state index in [4.69, 9.17) is 14.2 Å². The van der Waals surface area contributed by atoms with Crippen molar-refractivity contribution in [2.24, 2.45) is 0 Å². The Kier molecular flexibility index (Phi) is 11.0. The summed E-state index contributed by atoms with van der Waals surface area (Å²) in [4.78, 5) is 13.0. The fourth-order valence-corrected chi connectivity index (χ4v) is 4.46. The lowest BCUT2D eigenvalue weighted by Gasteiger charge is -2.26. The molecule has 2 unspecified atom stereocenters.